The predicted molar refractivity (Wildman–Crippen MR) is 107 cm³/mol. The first-order chi connectivity index (χ1) is 16.1. The molecule has 1 amide bonds. The highest BCUT2D eigenvalue weighted by atomic mass is 19.1. The molecule has 0 saturated carbocycles. The number of fused-ring (bicyclic) bond motifs is 2. The monoisotopic (exact) mass is 449 g/mol. The number of benzene rings is 1. The Balaban J connectivity index is 1.43. The van der Waals surface area contributed by atoms with Crippen molar-refractivity contribution < 1.29 is 22.4 Å². The number of hydrogen-bond acceptors (Lipinski definition) is 8. The standard InChI is InChI=1S/C21H13F2N7O3/c22-10-4-5-11(23)17-14(10)27-19(32-17)16-15-12(25-9-26-15)6-8-30(16)21(31)20-29-28-18(33-20)13-3-1-2-7-24-13/h1-5,7,9,16H,6,8H2,(H,25,26)/t16-/m0/s1. The lowest BCUT2D eigenvalue weighted by Gasteiger charge is -2.31. The SMILES string of the molecule is O=C(c1nnc(-c2ccccn2)o1)N1CCc2[nH]cnc2[C@H]1c1nc2c(F)ccc(F)c2o1. The number of amides is 1. The van der Waals surface area contributed by atoms with Crippen LogP contribution in [0, 0.1) is 11.6 Å². The van der Waals surface area contributed by atoms with Crippen molar-refractivity contribution in [2.24, 2.45) is 0 Å². The molecular formula is C21H13F2N7O3. The molecule has 1 aliphatic heterocycles. The van der Waals surface area contributed by atoms with Crippen LogP contribution in [0.25, 0.3) is 22.7 Å². The highest BCUT2D eigenvalue weighted by molar-refractivity contribution is 5.90. The van der Waals surface area contributed by atoms with Crippen LogP contribution in [-0.4, -0.2) is 47.5 Å². The maximum Gasteiger partial charge on any atom is 0.312 e. The first-order valence-corrected chi connectivity index (χ1v) is 9.92. The Bertz CT molecular complexity index is 1460. The zero-order valence-corrected chi connectivity index (χ0v) is 16.7. The Morgan fingerprint density at radius 2 is 1.97 bits per heavy atom. The summed E-state index contributed by atoms with van der Waals surface area (Å²) in [6, 6.07) is 6.11. The van der Waals surface area contributed by atoms with E-state index in [-0.39, 0.29) is 35.3 Å². The van der Waals surface area contributed by atoms with E-state index in [4.69, 9.17) is 8.83 Å². The molecule has 0 radical (unpaired) electrons. The second-order valence-electron chi connectivity index (χ2n) is 7.30. The molecule has 4 aromatic heterocycles. The molecular weight excluding hydrogens is 436 g/mol. The van der Waals surface area contributed by atoms with Crippen molar-refractivity contribution in [1.29, 1.82) is 0 Å². The van der Waals surface area contributed by atoms with Gasteiger partial charge in [0.05, 0.1) is 12.0 Å². The molecule has 33 heavy (non-hydrogen) atoms. The van der Waals surface area contributed by atoms with Crippen LogP contribution < -0.4 is 0 Å². The van der Waals surface area contributed by atoms with Crippen LogP contribution in [0.2, 0.25) is 0 Å². The quantitative estimate of drug-likeness (QED) is 0.445. The van der Waals surface area contributed by atoms with E-state index in [2.05, 4.69) is 30.1 Å². The number of halogens is 2. The minimum absolute atomic E-state index is 0.0824. The second kappa shape index (κ2) is 7.29. The van der Waals surface area contributed by atoms with E-state index in [9.17, 15) is 13.6 Å². The number of imidazole rings is 1. The fraction of sp³-hybridized carbons (Fsp3) is 0.143. The third kappa shape index (κ3) is 3.06. The number of carbonyl (C=O) groups is 1. The van der Waals surface area contributed by atoms with Crippen molar-refractivity contribution in [3.05, 3.63) is 77.7 Å². The number of nitrogens with one attached hydrogen (secondary N) is 1. The van der Waals surface area contributed by atoms with Crippen LogP contribution in [0.3, 0.4) is 0 Å². The first-order valence-electron chi connectivity index (χ1n) is 9.92. The average molecular weight is 449 g/mol. The summed E-state index contributed by atoms with van der Waals surface area (Å²) in [7, 11) is 0. The number of hydrogen-bond donors (Lipinski definition) is 1. The Labute approximate surface area is 183 Å². The van der Waals surface area contributed by atoms with Gasteiger partial charge in [-0.25, -0.2) is 18.7 Å². The van der Waals surface area contributed by atoms with E-state index >= 15 is 0 Å². The van der Waals surface area contributed by atoms with Gasteiger partial charge < -0.3 is 18.7 Å². The minimum atomic E-state index is -0.955. The molecule has 0 unspecified atom stereocenters. The van der Waals surface area contributed by atoms with Gasteiger partial charge in [0.2, 0.25) is 5.89 Å². The summed E-state index contributed by atoms with van der Waals surface area (Å²) in [5, 5.41) is 7.77. The van der Waals surface area contributed by atoms with Gasteiger partial charge in [-0.05, 0) is 24.3 Å². The number of nitrogens with zero attached hydrogens (tertiary/aromatic N) is 6. The zero-order valence-electron chi connectivity index (χ0n) is 16.7. The number of aromatic nitrogens is 6. The van der Waals surface area contributed by atoms with Crippen LogP contribution in [0.15, 0.2) is 51.7 Å². The number of H-pyrrole nitrogens is 1. The molecule has 0 fully saturated rings. The number of oxazole rings is 1. The lowest BCUT2D eigenvalue weighted by molar-refractivity contribution is 0.0627. The molecule has 5 heterocycles. The van der Waals surface area contributed by atoms with E-state index in [1.54, 1.807) is 24.4 Å². The topological polar surface area (TPSA) is 127 Å². The minimum Gasteiger partial charge on any atom is -0.435 e. The van der Waals surface area contributed by atoms with Gasteiger partial charge in [0.25, 0.3) is 5.89 Å². The lowest BCUT2D eigenvalue weighted by Crippen LogP contribution is -2.41. The van der Waals surface area contributed by atoms with Gasteiger partial charge in [-0.3, -0.25) is 9.78 Å². The Morgan fingerprint density at radius 1 is 1.09 bits per heavy atom. The van der Waals surface area contributed by atoms with Gasteiger partial charge in [0, 0.05) is 24.9 Å². The van der Waals surface area contributed by atoms with E-state index in [1.165, 1.54) is 11.2 Å². The molecule has 0 spiro atoms. The van der Waals surface area contributed by atoms with Gasteiger partial charge in [0.15, 0.2) is 23.3 Å². The fourth-order valence-corrected chi connectivity index (χ4v) is 3.85. The Hall–Kier alpha value is -4.48. The van der Waals surface area contributed by atoms with Gasteiger partial charge in [-0.15, -0.1) is 10.2 Å². The van der Waals surface area contributed by atoms with E-state index in [1.807, 2.05) is 0 Å². The highest BCUT2D eigenvalue weighted by Gasteiger charge is 2.40. The van der Waals surface area contributed by atoms with E-state index < -0.39 is 23.6 Å². The van der Waals surface area contributed by atoms with Crippen LogP contribution in [0.4, 0.5) is 8.78 Å². The number of pyridine rings is 1. The van der Waals surface area contributed by atoms with Crippen LogP contribution in [-0.2, 0) is 6.42 Å². The summed E-state index contributed by atoms with van der Waals surface area (Å²) in [4.78, 5) is 30.3. The Kier molecular flexibility index (Phi) is 4.25. The molecule has 1 aromatic carbocycles. The van der Waals surface area contributed by atoms with Crippen molar-refractivity contribution in [2.45, 2.75) is 12.5 Å². The summed E-state index contributed by atoms with van der Waals surface area (Å²) in [6.07, 6.45) is 3.50. The maximum atomic E-state index is 14.2. The van der Waals surface area contributed by atoms with Crippen molar-refractivity contribution in [2.75, 3.05) is 6.54 Å². The highest BCUT2D eigenvalue weighted by Crippen LogP contribution is 2.36. The van der Waals surface area contributed by atoms with Gasteiger partial charge >= 0.3 is 11.8 Å². The third-order valence-corrected chi connectivity index (χ3v) is 5.37. The molecule has 10 nitrogen and oxygen atoms in total. The first kappa shape index (κ1) is 19.2. The number of rotatable bonds is 3. The van der Waals surface area contributed by atoms with Crippen molar-refractivity contribution in [1.82, 2.24) is 35.0 Å². The van der Waals surface area contributed by atoms with Crippen molar-refractivity contribution in [3.8, 4) is 11.6 Å². The molecule has 6 rings (SSSR count). The molecule has 1 aliphatic rings. The molecule has 1 atom stereocenters. The number of aromatic amines is 1. The molecule has 12 heteroatoms. The maximum absolute atomic E-state index is 14.2. The van der Waals surface area contributed by atoms with Crippen molar-refractivity contribution in [3.63, 3.8) is 0 Å². The fourth-order valence-electron chi connectivity index (χ4n) is 3.85. The van der Waals surface area contributed by atoms with Crippen LogP contribution in [0.1, 0.15) is 34.0 Å². The summed E-state index contributed by atoms with van der Waals surface area (Å²) in [5.41, 5.74) is 1.02. The molecule has 0 aliphatic carbocycles. The molecule has 164 valence electrons. The smallest absolute Gasteiger partial charge is 0.312 e. The summed E-state index contributed by atoms with van der Waals surface area (Å²) in [5.74, 6) is -2.38. The molecule has 1 N–H and O–H groups in total. The Morgan fingerprint density at radius 3 is 2.79 bits per heavy atom. The molecule has 0 saturated heterocycles. The van der Waals surface area contributed by atoms with Crippen LogP contribution in [0.5, 0.6) is 0 Å². The summed E-state index contributed by atoms with van der Waals surface area (Å²) < 4.78 is 39.6. The second-order valence-corrected chi connectivity index (χ2v) is 7.30. The molecule has 5 aromatic rings. The van der Waals surface area contributed by atoms with E-state index in [0.717, 1.165) is 17.8 Å². The normalized spacial score (nSPS) is 15.7. The third-order valence-electron chi connectivity index (χ3n) is 5.37. The van der Waals surface area contributed by atoms with Crippen LogP contribution >= 0.6 is 0 Å². The zero-order chi connectivity index (χ0) is 22.5. The summed E-state index contributed by atoms with van der Waals surface area (Å²) >= 11 is 0. The predicted octanol–water partition coefficient (Wildman–Crippen LogP) is 3.06. The average Bonchev–Trinajstić information content (AvgIpc) is 3.60. The lowest BCUT2D eigenvalue weighted by atomic mass is 10.0. The number of carbonyl (C=O) groups excluding carboxylic acids is 1. The van der Waals surface area contributed by atoms with Gasteiger partial charge in [-0.1, -0.05) is 6.07 Å². The summed E-state index contributed by atoms with van der Waals surface area (Å²) in [6.45, 7) is 0.226. The van der Waals surface area contributed by atoms with Gasteiger partial charge in [-0.2, -0.15) is 0 Å². The van der Waals surface area contributed by atoms with Gasteiger partial charge in [0.1, 0.15) is 11.2 Å². The van der Waals surface area contributed by atoms with E-state index in [0.29, 0.717) is 17.8 Å². The molecule has 0 bridgehead atoms. The van der Waals surface area contributed by atoms with Crippen molar-refractivity contribution >= 4 is 17.0 Å². The largest absolute Gasteiger partial charge is 0.435 e.